The predicted octanol–water partition coefficient (Wildman–Crippen LogP) is 5.64. The highest BCUT2D eigenvalue weighted by molar-refractivity contribution is 6.60. The van der Waals surface area contributed by atoms with E-state index in [4.69, 9.17) is 51.2 Å². The summed E-state index contributed by atoms with van der Waals surface area (Å²) in [6.45, 7) is 0.161. The summed E-state index contributed by atoms with van der Waals surface area (Å²) in [5.74, 6) is -0.991. The summed E-state index contributed by atoms with van der Waals surface area (Å²) < 4.78 is 0. The molecule has 0 aliphatic heterocycles. The molecule has 128 valence electrons. The zero-order chi connectivity index (χ0) is 18.1. The van der Waals surface area contributed by atoms with Crippen LogP contribution in [0.15, 0.2) is 35.5 Å². The van der Waals surface area contributed by atoms with E-state index < -0.39 is 11.6 Å². The number of carbonyl (C=O) groups excluding carboxylic acids is 2. The molecular weight excluding hydrogens is 408 g/mol. The number of ketones is 2. The molecule has 2 aromatic carbocycles. The Morgan fingerprint density at radius 3 is 2.12 bits per heavy atom. The van der Waals surface area contributed by atoms with Crippen LogP contribution in [0.5, 0.6) is 0 Å². The van der Waals surface area contributed by atoms with Crippen molar-refractivity contribution in [1.82, 2.24) is 0 Å². The SMILES string of the molecule is O=C1CC(=NOCc2ccccc2)C(=O)c2c(Cl)c(Cl)c(Cl)c(Cl)c21. The summed E-state index contributed by atoms with van der Waals surface area (Å²) in [5.41, 5.74) is 0.676. The first-order chi connectivity index (χ1) is 11.9. The van der Waals surface area contributed by atoms with Gasteiger partial charge >= 0.3 is 0 Å². The smallest absolute Gasteiger partial charge is 0.213 e. The molecule has 0 N–H and O–H groups in total. The third-order valence-electron chi connectivity index (χ3n) is 3.61. The number of rotatable bonds is 3. The van der Waals surface area contributed by atoms with Crippen molar-refractivity contribution in [1.29, 1.82) is 0 Å². The van der Waals surface area contributed by atoms with Gasteiger partial charge in [0, 0.05) is 0 Å². The molecule has 25 heavy (non-hydrogen) atoms. The van der Waals surface area contributed by atoms with E-state index in [1.54, 1.807) is 0 Å². The molecule has 0 amide bonds. The van der Waals surface area contributed by atoms with Crippen LogP contribution in [0.4, 0.5) is 0 Å². The number of Topliss-reactive ketones (excluding diaryl/α,β-unsaturated/α-hetero) is 2. The van der Waals surface area contributed by atoms with Gasteiger partial charge in [-0.25, -0.2) is 0 Å². The molecule has 0 bridgehead atoms. The van der Waals surface area contributed by atoms with Gasteiger partial charge in [-0.3, -0.25) is 9.59 Å². The number of hydrogen-bond acceptors (Lipinski definition) is 4. The van der Waals surface area contributed by atoms with E-state index >= 15 is 0 Å². The molecule has 3 rings (SSSR count). The van der Waals surface area contributed by atoms with Crippen LogP contribution in [0.25, 0.3) is 0 Å². The van der Waals surface area contributed by atoms with E-state index in [1.807, 2.05) is 30.3 Å². The largest absolute Gasteiger partial charge is 0.391 e. The third-order valence-corrected chi connectivity index (χ3v) is 5.41. The number of nitrogens with zero attached hydrogens (tertiary/aromatic N) is 1. The molecule has 0 fully saturated rings. The summed E-state index contributed by atoms with van der Waals surface area (Å²) in [7, 11) is 0. The topological polar surface area (TPSA) is 55.7 Å². The average Bonchev–Trinajstić information content (AvgIpc) is 2.61. The first kappa shape index (κ1) is 18.2. The number of hydrogen-bond donors (Lipinski definition) is 0. The molecule has 0 heterocycles. The first-order valence-corrected chi connectivity index (χ1v) is 8.59. The van der Waals surface area contributed by atoms with E-state index in [0.29, 0.717) is 0 Å². The second-order valence-corrected chi connectivity index (χ2v) is 6.74. The highest BCUT2D eigenvalue weighted by Gasteiger charge is 2.36. The van der Waals surface area contributed by atoms with Gasteiger partial charge in [-0.1, -0.05) is 81.9 Å². The van der Waals surface area contributed by atoms with Crippen LogP contribution in [0.2, 0.25) is 20.1 Å². The Morgan fingerprint density at radius 2 is 1.48 bits per heavy atom. The van der Waals surface area contributed by atoms with Crippen molar-refractivity contribution in [2.24, 2.45) is 5.16 Å². The molecule has 0 saturated carbocycles. The lowest BCUT2D eigenvalue weighted by atomic mass is 9.88. The molecule has 0 atom stereocenters. The zero-order valence-electron chi connectivity index (χ0n) is 12.5. The van der Waals surface area contributed by atoms with E-state index in [1.165, 1.54) is 0 Å². The Balaban J connectivity index is 1.94. The number of benzene rings is 2. The van der Waals surface area contributed by atoms with Crippen LogP contribution in [0, 0.1) is 0 Å². The summed E-state index contributed by atoms with van der Waals surface area (Å²) in [5, 5.41) is 3.44. The molecular formula is C17H9Cl4NO3. The molecule has 1 aliphatic rings. The lowest BCUT2D eigenvalue weighted by Crippen LogP contribution is -2.28. The fourth-order valence-corrected chi connectivity index (χ4v) is 3.45. The molecule has 0 aromatic heterocycles. The summed E-state index contributed by atoms with van der Waals surface area (Å²) in [4.78, 5) is 30.2. The van der Waals surface area contributed by atoms with Gasteiger partial charge in [0.15, 0.2) is 5.78 Å². The monoisotopic (exact) mass is 415 g/mol. The van der Waals surface area contributed by atoms with Gasteiger partial charge < -0.3 is 4.84 Å². The van der Waals surface area contributed by atoms with Gasteiger partial charge in [-0.05, 0) is 5.56 Å². The maximum absolute atomic E-state index is 12.6. The summed E-state index contributed by atoms with van der Waals surface area (Å²) in [6, 6.07) is 9.27. The number of oxime groups is 1. The maximum Gasteiger partial charge on any atom is 0.213 e. The van der Waals surface area contributed by atoms with Crippen molar-refractivity contribution in [3.8, 4) is 0 Å². The van der Waals surface area contributed by atoms with Crippen LogP contribution < -0.4 is 0 Å². The molecule has 0 radical (unpaired) electrons. The van der Waals surface area contributed by atoms with Gasteiger partial charge in [0.2, 0.25) is 5.78 Å². The minimum absolute atomic E-state index is 0.0342. The molecule has 2 aromatic rings. The van der Waals surface area contributed by atoms with Gasteiger partial charge in [0.1, 0.15) is 12.3 Å². The zero-order valence-corrected chi connectivity index (χ0v) is 15.5. The Hall–Kier alpha value is -1.59. The lowest BCUT2D eigenvalue weighted by molar-refractivity contribution is 0.0943. The van der Waals surface area contributed by atoms with Crippen LogP contribution >= 0.6 is 46.4 Å². The molecule has 0 saturated heterocycles. The van der Waals surface area contributed by atoms with E-state index in [2.05, 4.69) is 5.16 Å². The van der Waals surface area contributed by atoms with Gasteiger partial charge in [0.25, 0.3) is 0 Å². The van der Waals surface area contributed by atoms with Gasteiger partial charge in [-0.2, -0.15) is 0 Å². The minimum atomic E-state index is -0.562. The predicted molar refractivity (Wildman–Crippen MR) is 98.4 cm³/mol. The molecule has 1 aliphatic carbocycles. The van der Waals surface area contributed by atoms with Crippen molar-refractivity contribution >= 4 is 63.7 Å². The summed E-state index contributed by atoms with van der Waals surface area (Å²) in [6.07, 6.45) is -0.255. The fraction of sp³-hybridized carbons (Fsp3) is 0.118. The van der Waals surface area contributed by atoms with Crippen molar-refractivity contribution in [2.45, 2.75) is 13.0 Å². The second-order valence-electron chi connectivity index (χ2n) is 5.23. The molecule has 0 spiro atoms. The molecule has 4 nitrogen and oxygen atoms in total. The van der Waals surface area contributed by atoms with Crippen LogP contribution in [0.1, 0.15) is 32.7 Å². The lowest BCUT2D eigenvalue weighted by Gasteiger charge is -2.19. The number of fused-ring (bicyclic) bond motifs is 1. The van der Waals surface area contributed by atoms with Crippen LogP contribution in [-0.2, 0) is 11.4 Å². The van der Waals surface area contributed by atoms with Crippen molar-refractivity contribution in [3.05, 3.63) is 67.1 Å². The standard InChI is InChI=1S/C17H9Cl4NO3/c18-13-11-10(23)6-9(22-25-7-8-4-2-1-3-5-8)17(24)12(11)14(19)16(21)15(13)20/h1-5H,6-7H2. The number of carbonyl (C=O) groups is 2. The van der Waals surface area contributed by atoms with E-state index in [-0.39, 0.29) is 50.0 Å². The Morgan fingerprint density at radius 1 is 0.880 bits per heavy atom. The van der Waals surface area contributed by atoms with Crippen molar-refractivity contribution < 1.29 is 14.4 Å². The molecule has 8 heteroatoms. The fourth-order valence-electron chi connectivity index (χ4n) is 2.40. The normalized spacial score (nSPS) is 15.4. The quantitative estimate of drug-likeness (QED) is 0.369. The van der Waals surface area contributed by atoms with Crippen LogP contribution in [-0.4, -0.2) is 17.3 Å². The van der Waals surface area contributed by atoms with Gasteiger partial charge in [0.05, 0.1) is 37.6 Å². The number of halogens is 4. The van der Waals surface area contributed by atoms with Crippen LogP contribution in [0.3, 0.4) is 0 Å². The van der Waals surface area contributed by atoms with Crippen molar-refractivity contribution in [2.75, 3.05) is 0 Å². The third kappa shape index (κ3) is 3.40. The Kier molecular flexibility index (Phi) is 5.35. The average molecular weight is 417 g/mol. The Labute approximate surface area is 163 Å². The second kappa shape index (κ2) is 7.34. The van der Waals surface area contributed by atoms with Crippen molar-refractivity contribution in [3.63, 3.8) is 0 Å². The summed E-state index contributed by atoms with van der Waals surface area (Å²) >= 11 is 24.1. The van der Waals surface area contributed by atoms with E-state index in [0.717, 1.165) is 5.56 Å². The maximum atomic E-state index is 12.6. The Bertz CT molecular complexity index is 910. The minimum Gasteiger partial charge on any atom is -0.391 e. The first-order valence-electron chi connectivity index (χ1n) is 7.08. The highest BCUT2D eigenvalue weighted by Crippen LogP contribution is 2.43. The highest BCUT2D eigenvalue weighted by atomic mass is 35.5. The molecule has 0 unspecified atom stereocenters. The van der Waals surface area contributed by atoms with E-state index in [9.17, 15) is 9.59 Å². The van der Waals surface area contributed by atoms with Gasteiger partial charge in [-0.15, -0.1) is 0 Å².